The first-order valence-corrected chi connectivity index (χ1v) is 7.23. The fourth-order valence-corrected chi connectivity index (χ4v) is 2.14. The van der Waals surface area contributed by atoms with Gasteiger partial charge in [0.25, 0.3) is 0 Å². The van der Waals surface area contributed by atoms with Gasteiger partial charge in [-0.15, -0.1) is 16.7 Å². The monoisotopic (exact) mass is 293 g/mol. The van der Waals surface area contributed by atoms with Gasteiger partial charge < -0.3 is 4.74 Å². The first-order chi connectivity index (χ1) is 9.54. The van der Waals surface area contributed by atoms with Crippen LogP contribution in [0, 0.1) is 13.8 Å². The number of benzene rings is 1. The Morgan fingerprint density at radius 3 is 2.55 bits per heavy atom. The van der Waals surface area contributed by atoms with Crippen molar-refractivity contribution in [2.75, 3.05) is 6.61 Å². The summed E-state index contributed by atoms with van der Waals surface area (Å²) >= 11 is 5.95. The number of aromatic nitrogens is 3. The number of ether oxygens (including phenoxy) is 1. The Bertz CT molecular complexity index is 546. The summed E-state index contributed by atoms with van der Waals surface area (Å²) in [7, 11) is 0. The van der Waals surface area contributed by atoms with Crippen molar-refractivity contribution in [3.8, 4) is 5.75 Å². The molecule has 0 fully saturated rings. The van der Waals surface area contributed by atoms with Crippen molar-refractivity contribution in [3.63, 3.8) is 0 Å². The van der Waals surface area contributed by atoms with Crippen molar-refractivity contribution >= 4 is 11.6 Å². The second kappa shape index (κ2) is 6.75. The molecule has 108 valence electrons. The maximum Gasteiger partial charge on any atom is 0.119 e. The van der Waals surface area contributed by atoms with E-state index in [9.17, 15) is 0 Å². The minimum absolute atomic E-state index is 0.102. The van der Waals surface area contributed by atoms with Crippen molar-refractivity contribution in [2.45, 2.75) is 39.1 Å². The van der Waals surface area contributed by atoms with Gasteiger partial charge in [0.05, 0.1) is 12.0 Å². The molecule has 1 aromatic carbocycles. The van der Waals surface area contributed by atoms with Crippen molar-refractivity contribution in [3.05, 3.63) is 41.2 Å². The van der Waals surface area contributed by atoms with Gasteiger partial charge in [-0.1, -0.05) is 11.3 Å². The molecule has 2 rings (SSSR count). The molecule has 0 saturated heterocycles. The van der Waals surface area contributed by atoms with Gasteiger partial charge in [-0.2, -0.15) is 0 Å². The van der Waals surface area contributed by atoms with Crippen LogP contribution in [0.3, 0.4) is 0 Å². The average Bonchev–Trinajstić information content (AvgIpc) is 2.82. The molecule has 0 amide bonds. The summed E-state index contributed by atoms with van der Waals surface area (Å²) in [5.41, 5.74) is 3.25. The summed E-state index contributed by atoms with van der Waals surface area (Å²) in [6.07, 6.45) is 2.76. The summed E-state index contributed by atoms with van der Waals surface area (Å²) in [5.74, 6) is 0.927. The Labute approximate surface area is 124 Å². The highest BCUT2D eigenvalue weighted by molar-refractivity contribution is 6.20. The average molecular weight is 294 g/mol. The minimum Gasteiger partial charge on any atom is -0.494 e. The molecule has 0 N–H and O–H groups in total. The van der Waals surface area contributed by atoms with Gasteiger partial charge in [0.1, 0.15) is 11.4 Å². The fourth-order valence-electron chi connectivity index (χ4n) is 2.04. The van der Waals surface area contributed by atoms with E-state index in [2.05, 4.69) is 42.4 Å². The topological polar surface area (TPSA) is 39.9 Å². The standard InChI is InChI=1S/C15H20ClN3O/c1-11-7-12(2)9-14(8-11)20-6-4-5-19-10-15(13(3)16)17-18-19/h7-10,13H,4-6H2,1-3H3. The fraction of sp³-hybridized carbons (Fsp3) is 0.467. The zero-order valence-electron chi connectivity index (χ0n) is 12.1. The van der Waals surface area contributed by atoms with E-state index in [1.54, 1.807) is 4.68 Å². The molecule has 1 atom stereocenters. The Morgan fingerprint density at radius 2 is 1.95 bits per heavy atom. The molecule has 1 unspecified atom stereocenters. The van der Waals surface area contributed by atoms with E-state index in [0.29, 0.717) is 6.61 Å². The molecule has 1 heterocycles. The molecular formula is C15H20ClN3O. The molecule has 0 spiro atoms. The third-order valence-corrected chi connectivity index (χ3v) is 3.18. The molecule has 0 aliphatic carbocycles. The zero-order chi connectivity index (χ0) is 14.5. The predicted octanol–water partition coefficient (Wildman–Crippen LogP) is 3.66. The van der Waals surface area contributed by atoms with E-state index in [4.69, 9.17) is 16.3 Å². The van der Waals surface area contributed by atoms with Crippen LogP contribution >= 0.6 is 11.6 Å². The van der Waals surface area contributed by atoms with Crippen LogP contribution in [0.25, 0.3) is 0 Å². The quantitative estimate of drug-likeness (QED) is 0.603. The molecule has 0 aliphatic heterocycles. The molecule has 2 aromatic rings. The van der Waals surface area contributed by atoms with Crippen molar-refractivity contribution in [2.24, 2.45) is 0 Å². The molecular weight excluding hydrogens is 274 g/mol. The van der Waals surface area contributed by atoms with Crippen LogP contribution in [-0.2, 0) is 6.54 Å². The van der Waals surface area contributed by atoms with Gasteiger partial charge in [0, 0.05) is 19.2 Å². The van der Waals surface area contributed by atoms with Gasteiger partial charge in [-0.25, -0.2) is 0 Å². The van der Waals surface area contributed by atoms with Gasteiger partial charge in [0.15, 0.2) is 0 Å². The molecule has 20 heavy (non-hydrogen) atoms. The van der Waals surface area contributed by atoms with E-state index >= 15 is 0 Å². The molecule has 4 nitrogen and oxygen atoms in total. The van der Waals surface area contributed by atoms with Crippen LogP contribution in [-0.4, -0.2) is 21.6 Å². The second-order valence-electron chi connectivity index (χ2n) is 5.05. The highest BCUT2D eigenvalue weighted by Crippen LogP contribution is 2.17. The van der Waals surface area contributed by atoms with Crippen LogP contribution in [0.2, 0.25) is 0 Å². The number of rotatable bonds is 6. The first-order valence-electron chi connectivity index (χ1n) is 6.80. The molecule has 0 saturated carbocycles. The second-order valence-corrected chi connectivity index (χ2v) is 5.70. The van der Waals surface area contributed by atoms with E-state index in [0.717, 1.165) is 24.4 Å². The summed E-state index contributed by atoms with van der Waals surface area (Å²) in [4.78, 5) is 0. The van der Waals surface area contributed by atoms with Crippen LogP contribution in [0.5, 0.6) is 5.75 Å². The normalized spacial score (nSPS) is 12.4. The summed E-state index contributed by atoms with van der Waals surface area (Å²) in [6.45, 7) is 7.48. The Morgan fingerprint density at radius 1 is 1.25 bits per heavy atom. The van der Waals surface area contributed by atoms with E-state index in [-0.39, 0.29) is 5.38 Å². The largest absolute Gasteiger partial charge is 0.494 e. The highest BCUT2D eigenvalue weighted by atomic mass is 35.5. The Kier molecular flexibility index (Phi) is 5.01. The van der Waals surface area contributed by atoms with Crippen molar-refractivity contribution in [1.82, 2.24) is 15.0 Å². The lowest BCUT2D eigenvalue weighted by Crippen LogP contribution is -2.05. The Hall–Kier alpha value is -1.55. The lowest BCUT2D eigenvalue weighted by Gasteiger charge is -2.08. The number of hydrogen-bond donors (Lipinski definition) is 0. The third kappa shape index (κ3) is 4.23. The molecule has 5 heteroatoms. The van der Waals surface area contributed by atoms with Crippen molar-refractivity contribution in [1.29, 1.82) is 0 Å². The van der Waals surface area contributed by atoms with Gasteiger partial charge in [-0.05, 0) is 44.0 Å². The number of nitrogens with zero attached hydrogens (tertiary/aromatic N) is 3. The smallest absolute Gasteiger partial charge is 0.119 e. The summed E-state index contributed by atoms with van der Waals surface area (Å²) in [6, 6.07) is 6.24. The van der Waals surface area contributed by atoms with Gasteiger partial charge in [0.2, 0.25) is 0 Å². The minimum atomic E-state index is -0.102. The molecule has 1 aromatic heterocycles. The SMILES string of the molecule is Cc1cc(C)cc(OCCCn2cc(C(C)Cl)nn2)c1. The maximum absolute atomic E-state index is 5.95. The maximum atomic E-state index is 5.95. The van der Waals surface area contributed by atoms with E-state index < -0.39 is 0 Å². The van der Waals surface area contributed by atoms with Crippen LogP contribution in [0.4, 0.5) is 0 Å². The Balaban J connectivity index is 1.78. The van der Waals surface area contributed by atoms with Gasteiger partial charge >= 0.3 is 0 Å². The van der Waals surface area contributed by atoms with Crippen LogP contribution < -0.4 is 4.74 Å². The molecule has 0 radical (unpaired) electrons. The van der Waals surface area contributed by atoms with E-state index in [1.807, 2.05) is 13.1 Å². The number of alkyl halides is 1. The summed E-state index contributed by atoms with van der Waals surface area (Å²) in [5, 5.41) is 7.95. The highest BCUT2D eigenvalue weighted by Gasteiger charge is 2.06. The third-order valence-electron chi connectivity index (χ3n) is 2.96. The van der Waals surface area contributed by atoms with Crippen LogP contribution in [0.1, 0.15) is 35.5 Å². The lowest BCUT2D eigenvalue weighted by molar-refractivity contribution is 0.297. The molecule has 0 aliphatic rings. The zero-order valence-corrected chi connectivity index (χ0v) is 12.9. The van der Waals surface area contributed by atoms with E-state index in [1.165, 1.54) is 11.1 Å². The van der Waals surface area contributed by atoms with Crippen LogP contribution in [0.15, 0.2) is 24.4 Å². The first kappa shape index (κ1) is 14.9. The number of halogens is 1. The van der Waals surface area contributed by atoms with Gasteiger partial charge in [-0.3, -0.25) is 4.68 Å². The summed E-state index contributed by atoms with van der Waals surface area (Å²) < 4.78 is 7.56. The molecule has 0 bridgehead atoms. The number of hydrogen-bond acceptors (Lipinski definition) is 3. The predicted molar refractivity (Wildman–Crippen MR) is 80.3 cm³/mol. The lowest BCUT2D eigenvalue weighted by atomic mass is 10.1. The van der Waals surface area contributed by atoms with Crippen molar-refractivity contribution < 1.29 is 4.74 Å². The number of aryl methyl sites for hydroxylation is 3.